The molecule has 0 N–H and O–H groups in total. The maximum absolute atomic E-state index is 6.28. The molecule has 0 aliphatic heterocycles. The van der Waals surface area contributed by atoms with Crippen LogP contribution in [0.4, 0.5) is 17.1 Å². The summed E-state index contributed by atoms with van der Waals surface area (Å²) in [5.41, 5.74) is 12.3. The molecule has 46 heavy (non-hydrogen) atoms. The lowest BCUT2D eigenvalue weighted by Gasteiger charge is -2.27. The number of anilines is 3. The monoisotopic (exact) mass is 589 g/mol. The molecule has 0 spiro atoms. The highest BCUT2D eigenvalue weighted by Gasteiger charge is 2.16. The van der Waals surface area contributed by atoms with Crippen molar-refractivity contribution in [2.45, 2.75) is 0 Å². The maximum atomic E-state index is 6.28. The first-order chi connectivity index (χ1) is 22.8. The SMILES string of the molecule is c1ccc(-c2cccc(N(c3ccc(-c4ccccc4-c4cc5ccccc5o4)cc3)c3cccc(-c4ccccc4)c3)c2)cc1. The summed E-state index contributed by atoms with van der Waals surface area (Å²) in [6, 6.07) is 66.3. The molecule has 0 unspecified atom stereocenters. The summed E-state index contributed by atoms with van der Waals surface area (Å²) in [6.07, 6.45) is 0. The highest BCUT2D eigenvalue weighted by atomic mass is 16.3. The van der Waals surface area contributed by atoms with Gasteiger partial charge < -0.3 is 9.32 Å². The molecule has 0 saturated carbocycles. The summed E-state index contributed by atoms with van der Waals surface area (Å²) in [6.45, 7) is 0. The van der Waals surface area contributed by atoms with Gasteiger partial charge in [-0.2, -0.15) is 0 Å². The van der Waals surface area contributed by atoms with Crippen LogP contribution in [0.5, 0.6) is 0 Å². The minimum Gasteiger partial charge on any atom is -0.456 e. The van der Waals surface area contributed by atoms with Crippen molar-refractivity contribution in [1.29, 1.82) is 0 Å². The average Bonchev–Trinajstić information content (AvgIpc) is 3.58. The summed E-state index contributed by atoms with van der Waals surface area (Å²) >= 11 is 0. The molecule has 7 aromatic carbocycles. The molecular formula is C44H31NO. The van der Waals surface area contributed by atoms with Crippen molar-refractivity contribution in [1.82, 2.24) is 0 Å². The van der Waals surface area contributed by atoms with Crippen molar-refractivity contribution in [2.75, 3.05) is 4.90 Å². The second kappa shape index (κ2) is 12.1. The van der Waals surface area contributed by atoms with Gasteiger partial charge in [0.15, 0.2) is 0 Å². The fourth-order valence-corrected chi connectivity index (χ4v) is 6.21. The van der Waals surface area contributed by atoms with Gasteiger partial charge in [0.05, 0.1) is 0 Å². The maximum Gasteiger partial charge on any atom is 0.136 e. The molecule has 0 radical (unpaired) electrons. The Morgan fingerprint density at radius 1 is 0.326 bits per heavy atom. The van der Waals surface area contributed by atoms with Crippen molar-refractivity contribution >= 4 is 28.0 Å². The van der Waals surface area contributed by atoms with Crippen LogP contribution in [0.15, 0.2) is 192 Å². The smallest absolute Gasteiger partial charge is 0.136 e. The van der Waals surface area contributed by atoms with E-state index in [9.17, 15) is 0 Å². The quantitative estimate of drug-likeness (QED) is 0.184. The molecule has 8 rings (SSSR count). The molecule has 1 heterocycles. The first-order valence-electron chi connectivity index (χ1n) is 15.6. The van der Waals surface area contributed by atoms with E-state index in [1.807, 2.05) is 18.2 Å². The van der Waals surface area contributed by atoms with Gasteiger partial charge in [0.25, 0.3) is 0 Å². The zero-order valence-electron chi connectivity index (χ0n) is 25.3. The minimum absolute atomic E-state index is 0.873. The Morgan fingerprint density at radius 2 is 0.848 bits per heavy atom. The number of rotatable bonds is 7. The van der Waals surface area contributed by atoms with Crippen molar-refractivity contribution in [2.24, 2.45) is 0 Å². The summed E-state index contributed by atoms with van der Waals surface area (Å²) in [5, 5.41) is 1.11. The van der Waals surface area contributed by atoms with E-state index >= 15 is 0 Å². The zero-order valence-corrected chi connectivity index (χ0v) is 25.3. The summed E-state index contributed by atoms with van der Waals surface area (Å²) in [5.74, 6) is 0.873. The Morgan fingerprint density at radius 3 is 1.46 bits per heavy atom. The van der Waals surface area contributed by atoms with Gasteiger partial charge in [-0.05, 0) is 81.9 Å². The molecule has 0 saturated heterocycles. The van der Waals surface area contributed by atoms with Crippen LogP contribution in [0.2, 0.25) is 0 Å². The zero-order chi connectivity index (χ0) is 30.7. The molecule has 0 aliphatic carbocycles. The highest BCUT2D eigenvalue weighted by Crippen LogP contribution is 2.40. The first kappa shape index (κ1) is 27.4. The normalized spacial score (nSPS) is 11.0. The van der Waals surface area contributed by atoms with E-state index in [2.05, 4.69) is 175 Å². The molecule has 0 atom stereocenters. The number of benzene rings is 7. The third kappa shape index (κ3) is 5.38. The first-order valence-corrected chi connectivity index (χ1v) is 15.6. The molecule has 2 heteroatoms. The van der Waals surface area contributed by atoms with Crippen LogP contribution in [-0.2, 0) is 0 Å². The molecule has 1 aromatic heterocycles. The number of para-hydroxylation sites is 1. The Bertz CT molecular complexity index is 2130. The van der Waals surface area contributed by atoms with Crippen LogP contribution < -0.4 is 4.90 Å². The number of hydrogen-bond acceptors (Lipinski definition) is 2. The Labute approximate surface area is 269 Å². The van der Waals surface area contributed by atoms with E-state index in [1.54, 1.807) is 0 Å². The molecule has 0 aliphatic rings. The van der Waals surface area contributed by atoms with E-state index in [4.69, 9.17) is 4.42 Å². The van der Waals surface area contributed by atoms with Gasteiger partial charge in [-0.15, -0.1) is 0 Å². The Kier molecular flexibility index (Phi) is 7.22. The van der Waals surface area contributed by atoms with Gasteiger partial charge in [0, 0.05) is 28.0 Å². The molecular weight excluding hydrogens is 558 g/mol. The van der Waals surface area contributed by atoms with Gasteiger partial charge in [-0.25, -0.2) is 0 Å². The summed E-state index contributed by atoms with van der Waals surface area (Å²) in [7, 11) is 0. The molecule has 218 valence electrons. The number of nitrogens with zero attached hydrogens (tertiary/aromatic N) is 1. The molecule has 2 nitrogen and oxygen atoms in total. The van der Waals surface area contributed by atoms with Crippen LogP contribution in [0.1, 0.15) is 0 Å². The molecule has 0 fully saturated rings. The Balaban J connectivity index is 1.22. The standard InChI is InChI=1S/C44H31NO/c1-3-13-32(14-4-1)35-18-11-20-39(29-35)45(40-21-12-19-36(30-40)33-15-5-2-6-16-33)38-27-25-34(26-28-38)41-22-8-9-23-42(41)44-31-37-17-7-10-24-43(37)46-44/h1-31H. The van der Waals surface area contributed by atoms with Crippen molar-refractivity contribution < 1.29 is 4.42 Å². The van der Waals surface area contributed by atoms with Crippen molar-refractivity contribution in [3.8, 4) is 44.7 Å². The predicted octanol–water partition coefficient (Wildman–Crippen LogP) is 12.6. The van der Waals surface area contributed by atoms with Gasteiger partial charge in [-0.3, -0.25) is 0 Å². The van der Waals surface area contributed by atoms with E-state index < -0.39 is 0 Å². The van der Waals surface area contributed by atoms with E-state index in [-0.39, 0.29) is 0 Å². The number of furan rings is 1. The summed E-state index contributed by atoms with van der Waals surface area (Å²) < 4.78 is 6.28. The van der Waals surface area contributed by atoms with Gasteiger partial charge >= 0.3 is 0 Å². The average molecular weight is 590 g/mol. The van der Waals surface area contributed by atoms with Crippen molar-refractivity contribution in [3.63, 3.8) is 0 Å². The lowest BCUT2D eigenvalue weighted by Crippen LogP contribution is -2.10. The van der Waals surface area contributed by atoms with Crippen LogP contribution in [0.25, 0.3) is 55.7 Å². The van der Waals surface area contributed by atoms with Gasteiger partial charge in [-0.1, -0.05) is 140 Å². The molecule has 8 aromatic rings. The summed E-state index contributed by atoms with van der Waals surface area (Å²) in [4.78, 5) is 2.34. The lowest BCUT2D eigenvalue weighted by molar-refractivity contribution is 0.632. The second-order valence-corrected chi connectivity index (χ2v) is 11.4. The topological polar surface area (TPSA) is 16.4 Å². The van der Waals surface area contributed by atoms with E-state index in [0.29, 0.717) is 0 Å². The van der Waals surface area contributed by atoms with Crippen LogP contribution in [-0.4, -0.2) is 0 Å². The van der Waals surface area contributed by atoms with Gasteiger partial charge in [0.1, 0.15) is 11.3 Å². The largest absolute Gasteiger partial charge is 0.456 e. The van der Waals surface area contributed by atoms with Crippen LogP contribution >= 0.6 is 0 Å². The molecule has 0 bridgehead atoms. The van der Waals surface area contributed by atoms with Crippen LogP contribution in [0.3, 0.4) is 0 Å². The Hall–Kier alpha value is -6.12. The fourth-order valence-electron chi connectivity index (χ4n) is 6.21. The number of fused-ring (bicyclic) bond motifs is 1. The highest BCUT2D eigenvalue weighted by molar-refractivity contribution is 5.89. The van der Waals surface area contributed by atoms with Gasteiger partial charge in [0.2, 0.25) is 0 Å². The van der Waals surface area contributed by atoms with E-state index in [1.165, 1.54) is 22.3 Å². The fraction of sp³-hybridized carbons (Fsp3) is 0. The predicted molar refractivity (Wildman–Crippen MR) is 193 cm³/mol. The number of hydrogen-bond donors (Lipinski definition) is 0. The molecule has 0 amide bonds. The third-order valence-electron chi connectivity index (χ3n) is 8.48. The third-order valence-corrected chi connectivity index (χ3v) is 8.48. The second-order valence-electron chi connectivity index (χ2n) is 11.4. The lowest BCUT2D eigenvalue weighted by atomic mass is 9.97. The van der Waals surface area contributed by atoms with E-state index in [0.717, 1.165) is 50.5 Å². The van der Waals surface area contributed by atoms with Crippen LogP contribution in [0, 0.1) is 0 Å². The van der Waals surface area contributed by atoms with Crippen molar-refractivity contribution in [3.05, 3.63) is 188 Å². The minimum atomic E-state index is 0.873.